The first-order valence-electron chi connectivity index (χ1n) is 11.0. The molecule has 0 saturated heterocycles. The normalized spacial score (nSPS) is 11.9. The summed E-state index contributed by atoms with van der Waals surface area (Å²) in [7, 11) is -2.00. The minimum Gasteiger partial charge on any atom is -0.495 e. The summed E-state index contributed by atoms with van der Waals surface area (Å²) >= 11 is 13.9. The lowest BCUT2D eigenvalue weighted by atomic mass is 10.2. The van der Waals surface area contributed by atoms with E-state index in [4.69, 9.17) is 32.9 Å². The van der Waals surface area contributed by atoms with Gasteiger partial charge in [0.25, 0.3) is 0 Å². The molecule has 3 aromatic carbocycles. The zero-order valence-corrected chi connectivity index (χ0v) is 22.7. The number of imidazole rings is 1. The summed E-state index contributed by atoms with van der Waals surface area (Å²) in [5.41, 5.74) is 3.08. The second-order valence-corrected chi connectivity index (χ2v) is 11.4. The number of fused-ring (bicyclic) bond motifs is 1. The predicted octanol–water partition coefficient (Wildman–Crippen LogP) is 6.66. The van der Waals surface area contributed by atoms with Crippen molar-refractivity contribution in [1.29, 1.82) is 0 Å². The molecule has 1 aromatic heterocycles. The van der Waals surface area contributed by atoms with Crippen molar-refractivity contribution in [2.24, 2.45) is 0 Å². The number of methoxy groups -OCH3 is 1. The van der Waals surface area contributed by atoms with Crippen LogP contribution in [0.3, 0.4) is 0 Å². The van der Waals surface area contributed by atoms with Crippen molar-refractivity contribution in [3.63, 3.8) is 0 Å². The lowest BCUT2D eigenvalue weighted by Gasteiger charge is -2.18. The van der Waals surface area contributed by atoms with Gasteiger partial charge < -0.3 is 4.74 Å². The Labute approximate surface area is 219 Å². The van der Waals surface area contributed by atoms with Crippen molar-refractivity contribution in [2.75, 3.05) is 20.2 Å². The van der Waals surface area contributed by atoms with Gasteiger partial charge in [-0.15, -0.1) is 0 Å². The summed E-state index contributed by atoms with van der Waals surface area (Å²) in [6.45, 7) is 4.45. The van der Waals surface area contributed by atoms with E-state index in [0.29, 0.717) is 45.3 Å². The zero-order valence-electron chi connectivity index (χ0n) is 19.5. The van der Waals surface area contributed by atoms with Gasteiger partial charge in [-0.25, -0.2) is 13.4 Å². The molecular weight excluding hydrogens is 525 g/mol. The van der Waals surface area contributed by atoms with E-state index in [1.807, 2.05) is 48.7 Å². The Hall–Kier alpha value is -2.23. The number of thioether (sulfide) groups is 1. The molecule has 0 N–H and O–H groups in total. The highest BCUT2D eigenvalue weighted by atomic mass is 35.5. The zero-order chi connectivity index (χ0) is 25.2. The topological polar surface area (TPSA) is 64.4 Å². The van der Waals surface area contributed by atoms with Crippen molar-refractivity contribution < 1.29 is 13.2 Å². The van der Waals surface area contributed by atoms with Gasteiger partial charge in [0.05, 0.1) is 28.7 Å². The summed E-state index contributed by atoms with van der Waals surface area (Å²) in [5.74, 6) is 1.23. The molecule has 0 spiro atoms. The Balaban J connectivity index is 1.85. The standard InChI is InChI=1S/C25H25Cl2N3O3S2/c1-4-29(5-2)35(31,32)19-12-13-22-21(15-19)28-25(30(22)23-8-6-7-9-24(23)33-3)34-16-17-10-11-18(26)14-20(17)27/h6-15H,4-5,16H2,1-3H3. The number of aromatic nitrogens is 2. The number of sulfonamides is 1. The minimum absolute atomic E-state index is 0.218. The van der Waals surface area contributed by atoms with Gasteiger partial charge in [-0.1, -0.05) is 67.0 Å². The number of hydrogen-bond donors (Lipinski definition) is 0. The highest BCUT2D eigenvalue weighted by Gasteiger charge is 2.24. The first-order valence-corrected chi connectivity index (χ1v) is 14.2. The molecule has 6 nitrogen and oxygen atoms in total. The Kier molecular flexibility index (Phi) is 7.98. The van der Waals surface area contributed by atoms with Crippen LogP contribution >= 0.6 is 35.0 Å². The number of nitrogens with zero attached hydrogens (tertiary/aromatic N) is 3. The second kappa shape index (κ2) is 10.8. The summed E-state index contributed by atoms with van der Waals surface area (Å²) in [5, 5.41) is 1.84. The molecule has 0 fully saturated rings. The van der Waals surface area contributed by atoms with Crippen LogP contribution in [-0.2, 0) is 15.8 Å². The Bertz CT molecular complexity index is 1470. The summed E-state index contributed by atoms with van der Waals surface area (Å²) in [6.07, 6.45) is 0. The van der Waals surface area contributed by atoms with E-state index in [9.17, 15) is 8.42 Å². The smallest absolute Gasteiger partial charge is 0.243 e. The fourth-order valence-electron chi connectivity index (χ4n) is 3.84. The first kappa shape index (κ1) is 25.9. The molecule has 10 heteroatoms. The molecule has 0 saturated carbocycles. The SMILES string of the molecule is CCN(CC)S(=O)(=O)c1ccc2c(c1)nc(SCc1ccc(Cl)cc1Cl)n2-c1ccccc1OC. The van der Waals surface area contributed by atoms with Gasteiger partial charge in [-0.2, -0.15) is 4.31 Å². The van der Waals surface area contributed by atoms with E-state index in [-0.39, 0.29) is 4.90 Å². The molecule has 0 radical (unpaired) electrons. The van der Waals surface area contributed by atoms with E-state index in [1.54, 1.807) is 37.4 Å². The van der Waals surface area contributed by atoms with E-state index in [0.717, 1.165) is 16.8 Å². The molecule has 0 unspecified atom stereocenters. The van der Waals surface area contributed by atoms with Crippen LogP contribution in [0.15, 0.2) is 70.7 Å². The Morgan fingerprint density at radius 2 is 1.77 bits per heavy atom. The van der Waals surface area contributed by atoms with Crippen molar-refractivity contribution >= 4 is 56.0 Å². The molecule has 1 heterocycles. The van der Waals surface area contributed by atoms with Crippen LogP contribution in [-0.4, -0.2) is 42.5 Å². The van der Waals surface area contributed by atoms with E-state index >= 15 is 0 Å². The van der Waals surface area contributed by atoms with Gasteiger partial charge in [0.1, 0.15) is 5.75 Å². The monoisotopic (exact) mass is 549 g/mol. The van der Waals surface area contributed by atoms with Gasteiger partial charge in [0, 0.05) is 28.9 Å². The molecule has 184 valence electrons. The van der Waals surface area contributed by atoms with Gasteiger partial charge >= 0.3 is 0 Å². The molecule has 4 aromatic rings. The molecule has 4 rings (SSSR count). The van der Waals surface area contributed by atoms with Crippen molar-refractivity contribution in [3.8, 4) is 11.4 Å². The first-order chi connectivity index (χ1) is 16.8. The largest absolute Gasteiger partial charge is 0.495 e. The van der Waals surface area contributed by atoms with Crippen molar-refractivity contribution in [3.05, 3.63) is 76.3 Å². The van der Waals surface area contributed by atoms with Gasteiger partial charge in [0.15, 0.2) is 5.16 Å². The van der Waals surface area contributed by atoms with Crippen LogP contribution in [0.1, 0.15) is 19.4 Å². The number of hydrogen-bond acceptors (Lipinski definition) is 5. The maximum absolute atomic E-state index is 13.1. The molecule has 0 aliphatic heterocycles. The van der Waals surface area contributed by atoms with Crippen LogP contribution in [0.2, 0.25) is 10.0 Å². The highest BCUT2D eigenvalue weighted by molar-refractivity contribution is 7.98. The van der Waals surface area contributed by atoms with Crippen LogP contribution in [0.5, 0.6) is 5.75 Å². The molecule has 0 aliphatic rings. The fourth-order valence-corrected chi connectivity index (χ4v) is 6.89. The van der Waals surface area contributed by atoms with Crippen LogP contribution in [0.25, 0.3) is 16.7 Å². The molecular formula is C25H25Cl2N3O3S2. The van der Waals surface area contributed by atoms with Gasteiger partial charge in [-0.05, 0) is 48.0 Å². The van der Waals surface area contributed by atoms with Gasteiger partial charge in [0.2, 0.25) is 10.0 Å². The Morgan fingerprint density at radius 3 is 2.46 bits per heavy atom. The number of halogens is 2. The molecule has 35 heavy (non-hydrogen) atoms. The van der Waals surface area contributed by atoms with Crippen molar-refractivity contribution in [1.82, 2.24) is 13.9 Å². The Morgan fingerprint density at radius 1 is 1.03 bits per heavy atom. The van der Waals surface area contributed by atoms with Crippen molar-refractivity contribution in [2.45, 2.75) is 29.7 Å². The van der Waals surface area contributed by atoms with E-state index < -0.39 is 10.0 Å². The quantitative estimate of drug-likeness (QED) is 0.218. The molecule has 0 amide bonds. The number of ether oxygens (including phenoxy) is 1. The third-order valence-corrected chi connectivity index (χ3v) is 9.26. The maximum atomic E-state index is 13.1. The summed E-state index contributed by atoms with van der Waals surface area (Å²) < 4.78 is 35.3. The third kappa shape index (κ3) is 5.17. The number of benzene rings is 3. The van der Waals surface area contributed by atoms with Crippen LogP contribution in [0, 0.1) is 0 Å². The molecule has 0 bridgehead atoms. The third-order valence-electron chi connectivity index (χ3n) is 5.64. The average Bonchev–Trinajstić information content (AvgIpc) is 3.21. The molecule has 0 atom stereocenters. The minimum atomic E-state index is -3.62. The predicted molar refractivity (Wildman–Crippen MR) is 144 cm³/mol. The summed E-state index contributed by atoms with van der Waals surface area (Å²) in [6, 6.07) is 18.1. The van der Waals surface area contributed by atoms with Crippen LogP contribution < -0.4 is 4.74 Å². The lowest BCUT2D eigenvalue weighted by Crippen LogP contribution is -2.30. The lowest BCUT2D eigenvalue weighted by molar-refractivity contribution is 0.412. The second-order valence-electron chi connectivity index (χ2n) is 7.67. The van der Waals surface area contributed by atoms with E-state index in [1.165, 1.54) is 16.1 Å². The maximum Gasteiger partial charge on any atom is 0.243 e. The average molecular weight is 551 g/mol. The highest BCUT2D eigenvalue weighted by Crippen LogP contribution is 2.36. The molecule has 0 aliphatic carbocycles. The van der Waals surface area contributed by atoms with Gasteiger partial charge in [-0.3, -0.25) is 4.57 Å². The van der Waals surface area contributed by atoms with Crippen LogP contribution in [0.4, 0.5) is 0 Å². The fraction of sp³-hybridized carbons (Fsp3) is 0.240. The number of rotatable bonds is 9. The van der Waals surface area contributed by atoms with E-state index in [2.05, 4.69) is 0 Å². The number of para-hydroxylation sites is 2. The summed E-state index contributed by atoms with van der Waals surface area (Å²) in [4.78, 5) is 5.05.